The Kier molecular flexibility index (Phi) is 3.37. The first-order valence-corrected chi connectivity index (χ1v) is 6.56. The average molecular weight is 273 g/mol. The van der Waals surface area contributed by atoms with Gasteiger partial charge >= 0.3 is 5.97 Å². The molecule has 6 nitrogen and oxygen atoms in total. The SMILES string of the molecule is O=C(O)CC1CCN(c2cccc(-c3ncon3)c2)C1. The summed E-state index contributed by atoms with van der Waals surface area (Å²) in [5.41, 5.74) is 1.97. The minimum absolute atomic E-state index is 0.223. The topological polar surface area (TPSA) is 79.5 Å². The summed E-state index contributed by atoms with van der Waals surface area (Å²) in [4.78, 5) is 17.0. The largest absolute Gasteiger partial charge is 0.481 e. The lowest BCUT2D eigenvalue weighted by molar-refractivity contribution is -0.137. The van der Waals surface area contributed by atoms with Gasteiger partial charge in [-0.2, -0.15) is 4.98 Å². The predicted molar refractivity (Wildman–Crippen MR) is 72.3 cm³/mol. The van der Waals surface area contributed by atoms with Crippen LogP contribution in [0.5, 0.6) is 0 Å². The molecule has 2 aromatic rings. The molecule has 104 valence electrons. The van der Waals surface area contributed by atoms with Crippen LogP contribution in [0.15, 0.2) is 35.2 Å². The summed E-state index contributed by atoms with van der Waals surface area (Å²) in [6.07, 6.45) is 2.46. The number of anilines is 1. The van der Waals surface area contributed by atoms with Crippen LogP contribution in [0.3, 0.4) is 0 Å². The van der Waals surface area contributed by atoms with Crippen LogP contribution in [0.25, 0.3) is 11.4 Å². The Morgan fingerprint density at radius 3 is 3.15 bits per heavy atom. The summed E-state index contributed by atoms with van der Waals surface area (Å²) in [7, 11) is 0. The maximum atomic E-state index is 10.8. The van der Waals surface area contributed by atoms with Gasteiger partial charge in [-0.15, -0.1) is 0 Å². The predicted octanol–water partition coefficient (Wildman–Crippen LogP) is 2.04. The van der Waals surface area contributed by atoms with Crippen LogP contribution >= 0.6 is 0 Å². The summed E-state index contributed by atoms with van der Waals surface area (Å²) in [6, 6.07) is 7.91. The molecule has 2 heterocycles. The Morgan fingerprint density at radius 1 is 1.50 bits per heavy atom. The first kappa shape index (κ1) is 12.7. The van der Waals surface area contributed by atoms with E-state index >= 15 is 0 Å². The summed E-state index contributed by atoms with van der Waals surface area (Å²) < 4.78 is 4.76. The van der Waals surface area contributed by atoms with Gasteiger partial charge in [-0.3, -0.25) is 4.79 Å². The van der Waals surface area contributed by atoms with Crippen molar-refractivity contribution in [3.63, 3.8) is 0 Å². The van der Waals surface area contributed by atoms with Gasteiger partial charge in [0, 0.05) is 30.8 Å². The molecule has 1 aromatic heterocycles. The second-order valence-corrected chi connectivity index (χ2v) is 5.00. The lowest BCUT2D eigenvalue weighted by Crippen LogP contribution is -2.20. The van der Waals surface area contributed by atoms with Gasteiger partial charge in [0.2, 0.25) is 12.2 Å². The van der Waals surface area contributed by atoms with Crippen molar-refractivity contribution < 1.29 is 14.4 Å². The molecule has 0 amide bonds. The van der Waals surface area contributed by atoms with Gasteiger partial charge < -0.3 is 14.5 Å². The van der Waals surface area contributed by atoms with E-state index in [4.69, 9.17) is 9.63 Å². The second kappa shape index (κ2) is 5.32. The van der Waals surface area contributed by atoms with E-state index in [0.717, 1.165) is 30.8 Å². The molecule has 1 unspecified atom stereocenters. The standard InChI is InChI=1S/C14H15N3O3/c18-13(19)6-10-4-5-17(8-10)12-3-1-2-11(7-12)14-15-9-20-16-14/h1-3,7,9-10H,4-6,8H2,(H,18,19). The van der Waals surface area contributed by atoms with E-state index in [-0.39, 0.29) is 12.3 Å². The van der Waals surface area contributed by atoms with E-state index < -0.39 is 5.97 Å². The first-order chi connectivity index (χ1) is 9.72. The molecule has 1 N–H and O–H groups in total. The summed E-state index contributed by atoms with van der Waals surface area (Å²) >= 11 is 0. The molecule has 1 aromatic carbocycles. The lowest BCUT2D eigenvalue weighted by atomic mass is 10.1. The second-order valence-electron chi connectivity index (χ2n) is 5.00. The molecular weight excluding hydrogens is 258 g/mol. The van der Waals surface area contributed by atoms with Crippen molar-refractivity contribution in [2.75, 3.05) is 18.0 Å². The Bertz CT molecular complexity index is 597. The molecule has 1 fully saturated rings. The third kappa shape index (κ3) is 2.64. The highest BCUT2D eigenvalue weighted by Crippen LogP contribution is 2.28. The smallest absolute Gasteiger partial charge is 0.303 e. The average Bonchev–Trinajstić information content (AvgIpc) is 3.09. The Labute approximate surface area is 116 Å². The fourth-order valence-electron chi connectivity index (χ4n) is 2.62. The van der Waals surface area contributed by atoms with E-state index in [0.29, 0.717) is 5.82 Å². The molecule has 0 spiro atoms. The number of benzene rings is 1. The number of carbonyl (C=O) groups is 1. The number of nitrogens with zero attached hydrogens (tertiary/aromatic N) is 3. The van der Waals surface area contributed by atoms with Crippen molar-refractivity contribution in [3.05, 3.63) is 30.7 Å². The molecule has 1 atom stereocenters. The monoisotopic (exact) mass is 273 g/mol. The van der Waals surface area contributed by atoms with Gasteiger partial charge in [0.15, 0.2) is 0 Å². The number of carboxylic acids is 1. The molecule has 0 radical (unpaired) electrons. The van der Waals surface area contributed by atoms with E-state index in [1.165, 1.54) is 6.39 Å². The zero-order chi connectivity index (χ0) is 13.9. The fourth-order valence-corrected chi connectivity index (χ4v) is 2.62. The Morgan fingerprint density at radius 2 is 2.40 bits per heavy atom. The van der Waals surface area contributed by atoms with Crippen LogP contribution in [0.4, 0.5) is 5.69 Å². The summed E-state index contributed by atoms with van der Waals surface area (Å²) in [6.45, 7) is 1.66. The fraction of sp³-hybridized carbons (Fsp3) is 0.357. The highest BCUT2D eigenvalue weighted by Gasteiger charge is 2.24. The summed E-state index contributed by atoms with van der Waals surface area (Å²) in [5, 5.41) is 12.7. The number of rotatable bonds is 4. The minimum Gasteiger partial charge on any atom is -0.481 e. The lowest BCUT2D eigenvalue weighted by Gasteiger charge is -2.18. The number of aliphatic carboxylic acids is 1. The van der Waals surface area contributed by atoms with Crippen molar-refractivity contribution in [2.24, 2.45) is 5.92 Å². The maximum Gasteiger partial charge on any atom is 0.303 e. The zero-order valence-electron chi connectivity index (χ0n) is 10.9. The molecule has 6 heteroatoms. The molecule has 0 aliphatic carbocycles. The van der Waals surface area contributed by atoms with Gasteiger partial charge in [0.1, 0.15) is 0 Å². The van der Waals surface area contributed by atoms with Crippen molar-refractivity contribution in [1.29, 1.82) is 0 Å². The van der Waals surface area contributed by atoms with Crippen LogP contribution in [-0.4, -0.2) is 34.3 Å². The Hall–Kier alpha value is -2.37. The van der Waals surface area contributed by atoms with E-state index in [9.17, 15) is 4.79 Å². The van der Waals surface area contributed by atoms with Crippen molar-refractivity contribution in [1.82, 2.24) is 10.1 Å². The molecule has 20 heavy (non-hydrogen) atoms. The van der Waals surface area contributed by atoms with Gasteiger partial charge in [0.25, 0.3) is 0 Å². The highest BCUT2D eigenvalue weighted by molar-refractivity contribution is 5.67. The number of carboxylic acid groups (broad SMARTS) is 1. The van der Waals surface area contributed by atoms with E-state index in [2.05, 4.69) is 15.0 Å². The Balaban J connectivity index is 1.75. The minimum atomic E-state index is -0.725. The zero-order valence-corrected chi connectivity index (χ0v) is 10.9. The third-order valence-corrected chi connectivity index (χ3v) is 3.58. The quantitative estimate of drug-likeness (QED) is 0.918. The van der Waals surface area contributed by atoms with E-state index in [1.54, 1.807) is 0 Å². The number of hydrogen-bond donors (Lipinski definition) is 1. The molecule has 3 rings (SSSR count). The molecule has 1 aliphatic heterocycles. The van der Waals surface area contributed by atoms with Gasteiger partial charge in [-0.1, -0.05) is 17.3 Å². The van der Waals surface area contributed by atoms with Gasteiger partial charge in [-0.25, -0.2) is 0 Å². The molecule has 0 bridgehead atoms. The number of aromatic nitrogens is 2. The molecule has 0 saturated carbocycles. The van der Waals surface area contributed by atoms with Crippen molar-refractivity contribution >= 4 is 11.7 Å². The van der Waals surface area contributed by atoms with Crippen LogP contribution < -0.4 is 4.90 Å². The highest BCUT2D eigenvalue weighted by atomic mass is 16.5. The van der Waals surface area contributed by atoms with Crippen LogP contribution in [0.2, 0.25) is 0 Å². The van der Waals surface area contributed by atoms with Crippen LogP contribution in [0.1, 0.15) is 12.8 Å². The molecular formula is C14H15N3O3. The third-order valence-electron chi connectivity index (χ3n) is 3.58. The van der Waals surface area contributed by atoms with Gasteiger partial charge in [-0.05, 0) is 24.5 Å². The van der Waals surface area contributed by atoms with Crippen LogP contribution in [-0.2, 0) is 4.79 Å². The number of hydrogen-bond acceptors (Lipinski definition) is 5. The normalized spacial score (nSPS) is 18.4. The molecule has 1 aliphatic rings. The van der Waals surface area contributed by atoms with Crippen LogP contribution in [0, 0.1) is 5.92 Å². The van der Waals surface area contributed by atoms with E-state index in [1.807, 2.05) is 24.3 Å². The maximum absolute atomic E-state index is 10.8. The van der Waals surface area contributed by atoms with Crippen molar-refractivity contribution in [2.45, 2.75) is 12.8 Å². The van der Waals surface area contributed by atoms with Crippen molar-refractivity contribution in [3.8, 4) is 11.4 Å². The summed E-state index contributed by atoms with van der Waals surface area (Å²) in [5.74, 6) is 0.0619. The first-order valence-electron chi connectivity index (χ1n) is 6.56. The van der Waals surface area contributed by atoms with Gasteiger partial charge in [0.05, 0.1) is 0 Å². The molecule has 1 saturated heterocycles.